The van der Waals surface area contributed by atoms with Crippen LogP contribution in [-0.4, -0.2) is 36.0 Å². The van der Waals surface area contributed by atoms with Crippen LogP contribution in [0.1, 0.15) is 45.1 Å². The van der Waals surface area contributed by atoms with E-state index >= 15 is 0 Å². The SMILES string of the molecule is CC(C)NC(=O)Cc1ccc(NC(=O)N(C)C(C2CC2)C2CC2)cc1. The molecule has 0 bridgehead atoms. The van der Waals surface area contributed by atoms with Crippen molar-refractivity contribution in [1.29, 1.82) is 0 Å². The van der Waals surface area contributed by atoms with Gasteiger partial charge in [0.2, 0.25) is 5.91 Å². The minimum Gasteiger partial charge on any atom is -0.354 e. The Morgan fingerprint density at radius 3 is 2.12 bits per heavy atom. The molecule has 136 valence electrons. The fourth-order valence-electron chi connectivity index (χ4n) is 3.50. The molecule has 0 saturated heterocycles. The standard InChI is InChI=1S/C20H29N3O2/c1-13(2)21-18(24)12-14-4-10-17(11-5-14)22-20(25)23(3)19(15-6-7-15)16-8-9-16/h4-5,10-11,13,15-16,19H,6-9,12H2,1-3H3,(H,21,24)(H,22,25). The highest BCUT2D eigenvalue weighted by molar-refractivity contribution is 5.89. The molecule has 0 radical (unpaired) electrons. The normalized spacial score (nSPS) is 16.8. The van der Waals surface area contributed by atoms with E-state index in [1.54, 1.807) is 0 Å². The van der Waals surface area contributed by atoms with Gasteiger partial charge in [-0.1, -0.05) is 12.1 Å². The number of amides is 3. The summed E-state index contributed by atoms with van der Waals surface area (Å²) in [7, 11) is 1.92. The van der Waals surface area contributed by atoms with E-state index in [9.17, 15) is 9.59 Å². The Hall–Kier alpha value is -2.04. The smallest absolute Gasteiger partial charge is 0.321 e. The summed E-state index contributed by atoms with van der Waals surface area (Å²) in [5.41, 5.74) is 1.72. The van der Waals surface area contributed by atoms with Gasteiger partial charge in [0.05, 0.1) is 6.42 Å². The number of nitrogens with zero attached hydrogens (tertiary/aromatic N) is 1. The maximum Gasteiger partial charge on any atom is 0.321 e. The molecule has 5 heteroatoms. The number of hydrogen-bond donors (Lipinski definition) is 2. The fourth-order valence-corrected chi connectivity index (χ4v) is 3.50. The molecule has 1 aromatic rings. The van der Waals surface area contributed by atoms with Crippen LogP contribution in [0.5, 0.6) is 0 Å². The highest BCUT2D eigenvalue weighted by Crippen LogP contribution is 2.46. The molecule has 0 heterocycles. The number of anilines is 1. The first kappa shape index (κ1) is 17.8. The molecular formula is C20H29N3O2. The van der Waals surface area contributed by atoms with Gasteiger partial charge in [-0.3, -0.25) is 4.79 Å². The summed E-state index contributed by atoms with van der Waals surface area (Å²) in [6, 6.07) is 8.05. The van der Waals surface area contributed by atoms with Crippen molar-refractivity contribution >= 4 is 17.6 Å². The van der Waals surface area contributed by atoms with E-state index in [-0.39, 0.29) is 18.0 Å². The predicted molar refractivity (Wildman–Crippen MR) is 99.4 cm³/mol. The average Bonchev–Trinajstić information content (AvgIpc) is 3.43. The van der Waals surface area contributed by atoms with E-state index in [2.05, 4.69) is 10.6 Å². The first-order valence-corrected chi connectivity index (χ1v) is 9.36. The Bertz CT molecular complexity index is 606. The van der Waals surface area contributed by atoms with Gasteiger partial charge in [0, 0.05) is 24.8 Å². The maximum absolute atomic E-state index is 12.6. The lowest BCUT2D eigenvalue weighted by Crippen LogP contribution is -2.42. The molecule has 5 nitrogen and oxygen atoms in total. The molecule has 25 heavy (non-hydrogen) atoms. The Labute approximate surface area is 150 Å². The lowest BCUT2D eigenvalue weighted by atomic mass is 10.1. The van der Waals surface area contributed by atoms with E-state index in [4.69, 9.17) is 0 Å². The van der Waals surface area contributed by atoms with Crippen molar-refractivity contribution in [2.75, 3.05) is 12.4 Å². The van der Waals surface area contributed by atoms with Gasteiger partial charge in [0.1, 0.15) is 0 Å². The fraction of sp³-hybridized carbons (Fsp3) is 0.600. The number of carbonyl (C=O) groups excluding carboxylic acids is 2. The zero-order chi connectivity index (χ0) is 18.0. The molecule has 2 saturated carbocycles. The summed E-state index contributed by atoms with van der Waals surface area (Å²) in [6.07, 6.45) is 5.38. The van der Waals surface area contributed by atoms with Gasteiger partial charge in [-0.15, -0.1) is 0 Å². The molecule has 1 aromatic carbocycles. The van der Waals surface area contributed by atoms with E-state index in [0.29, 0.717) is 24.3 Å². The zero-order valence-corrected chi connectivity index (χ0v) is 15.4. The highest BCUT2D eigenvalue weighted by atomic mass is 16.2. The Kier molecular flexibility index (Phi) is 5.30. The number of hydrogen-bond acceptors (Lipinski definition) is 2. The van der Waals surface area contributed by atoms with Crippen LogP contribution < -0.4 is 10.6 Å². The molecule has 2 N–H and O–H groups in total. The van der Waals surface area contributed by atoms with Crippen LogP contribution in [0.4, 0.5) is 10.5 Å². The second kappa shape index (κ2) is 7.46. The van der Waals surface area contributed by atoms with Crippen molar-refractivity contribution < 1.29 is 9.59 Å². The number of rotatable bonds is 7. The van der Waals surface area contributed by atoms with Gasteiger partial charge >= 0.3 is 6.03 Å². The van der Waals surface area contributed by atoms with E-state index in [1.165, 1.54) is 25.7 Å². The summed E-state index contributed by atoms with van der Waals surface area (Å²) < 4.78 is 0. The molecule has 0 aliphatic heterocycles. The van der Waals surface area contributed by atoms with Crippen LogP contribution in [0, 0.1) is 11.8 Å². The van der Waals surface area contributed by atoms with E-state index in [0.717, 1.165) is 11.3 Å². The van der Waals surface area contributed by atoms with Gasteiger partial charge in [0.25, 0.3) is 0 Å². The van der Waals surface area contributed by atoms with Crippen molar-refractivity contribution in [2.45, 2.75) is 58.0 Å². The molecule has 0 atom stereocenters. The van der Waals surface area contributed by atoms with Crippen molar-refractivity contribution in [3.8, 4) is 0 Å². The average molecular weight is 343 g/mol. The third-order valence-corrected chi connectivity index (χ3v) is 5.00. The number of carbonyl (C=O) groups is 2. The van der Waals surface area contributed by atoms with Crippen LogP contribution in [-0.2, 0) is 11.2 Å². The molecule has 2 aliphatic rings. The Morgan fingerprint density at radius 1 is 1.08 bits per heavy atom. The van der Waals surface area contributed by atoms with Crippen LogP contribution in [0.2, 0.25) is 0 Å². The summed E-state index contributed by atoms with van der Waals surface area (Å²) in [5, 5.41) is 5.87. The van der Waals surface area contributed by atoms with Crippen LogP contribution >= 0.6 is 0 Å². The second-order valence-corrected chi connectivity index (χ2v) is 7.80. The molecule has 3 amide bonds. The minimum atomic E-state index is -0.0332. The third-order valence-electron chi connectivity index (χ3n) is 5.00. The van der Waals surface area contributed by atoms with Crippen molar-refractivity contribution in [2.24, 2.45) is 11.8 Å². The van der Waals surface area contributed by atoms with Crippen molar-refractivity contribution in [3.63, 3.8) is 0 Å². The van der Waals surface area contributed by atoms with Gasteiger partial charge in [-0.2, -0.15) is 0 Å². The molecule has 0 spiro atoms. The highest BCUT2D eigenvalue weighted by Gasteiger charge is 2.44. The topological polar surface area (TPSA) is 61.4 Å². The van der Waals surface area contributed by atoms with E-state index < -0.39 is 0 Å². The minimum absolute atomic E-state index is 0.0169. The lowest BCUT2D eigenvalue weighted by Gasteiger charge is -2.28. The van der Waals surface area contributed by atoms with Crippen LogP contribution in [0.15, 0.2) is 24.3 Å². The zero-order valence-electron chi connectivity index (χ0n) is 15.4. The summed E-state index contributed by atoms with van der Waals surface area (Å²) in [6.45, 7) is 3.90. The van der Waals surface area contributed by atoms with Crippen LogP contribution in [0.3, 0.4) is 0 Å². The van der Waals surface area contributed by atoms with Gasteiger partial charge in [-0.05, 0) is 69.1 Å². The van der Waals surface area contributed by atoms with Crippen molar-refractivity contribution in [1.82, 2.24) is 10.2 Å². The third kappa shape index (κ3) is 4.97. The summed E-state index contributed by atoms with van der Waals surface area (Å²) >= 11 is 0. The molecule has 0 aromatic heterocycles. The van der Waals surface area contributed by atoms with Gasteiger partial charge in [0.15, 0.2) is 0 Å². The molecule has 0 unspecified atom stereocenters. The molecule has 3 rings (SSSR count). The summed E-state index contributed by atoms with van der Waals surface area (Å²) in [5.74, 6) is 1.42. The van der Waals surface area contributed by atoms with E-state index in [1.807, 2.05) is 50.1 Å². The number of benzene rings is 1. The molecule has 2 fully saturated rings. The first-order valence-electron chi connectivity index (χ1n) is 9.36. The van der Waals surface area contributed by atoms with Crippen molar-refractivity contribution in [3.05, 3.63) is 29.8 Å². The maximum atomic E-state index is 12.6. The first-order chi connectivity index (χ1) is 11.9. The number of urea groups is 1. The lowest BCUT2D eigenvalue weighted by molar-refractivity contribution is -0.120. The molecule has 2 aliphatic carbocycles. The second-order valence-electron chi connectivity index (χ2n) is 7.80. The van der Waals surface area contributed by atoms with Gasteiger partial charge < -0.3 is 15.5 Å². The van der Waals surface area contributed by atoms with Crippen LogP contribution in [0.25, 0.3) is 0 Å². The summed E-state index contributed by atoms with van der Waals surface area (Å²) in [4.78, 5) is 26.3. The quantitative estimate of drug-likeness (QED) is 0.797. The molecular weight excluding hydrogens is 314 g/mol. The number of nitrogens with one attached hydrogen (secondary N) is 2. The monoisotopic (exact) mass is 343 g/mol. The largest absolute Gasteiger partial charge is 0.354 e. The van der Waals surface area contributed by atoms with Gasteiger partial charge in [-0.25, -0.2) is 4.79 Å². The Balaban J connectivity index is 1.53. The predicted octanol–water partition coefficient (Wildman–Crippen LogP) is 3.41. The Morgan fingerprint density at radius 2 is 1.64 bits per heavy atom.